The van der Waals surface area contributed by atoms with Crippen molar-refractivity contribution in [3.05, 3.63) is 42.0 Å². The van der Waals surface area contributed by atoms with Crippen molar-refractivity contribution in [3.8, 4) is 11.4 Å². The molecule has 1 N–H and O–H groups in total. The first-order valence-corrected chi connectivity index (χ1v) is 11.8. The van der Waals surface area contributed by atoms with Crippen molar-refractivity contribution >= 4 is 33.4 Å². The van der Waals surface area contributed by atoms with Gasteiger partial charge in [0.05, 0.1) is 29.7 Å². The summed E-state index contributed by atoms with van der Waals surface area (Å²) in [5.74, 6) is 1.66. The fourth-order valence-electron chi connectivity index (χ4n) is 3.63. The first kappa shape index (κ1) is 22.3. The summed E-state index contributed by atoms with van der Waals surface area (Å²) in [5.41, 5.74) is 4.83. The molecule has 0 atom stereocenters. The summed E-state index contributed by atoms with van der Waals surface area (Å²) in [6.45, 7) is 8.28. The molecular weight excluding hydrogens is 424 g/mol. The number of nitrogens with zero attached hydrogens (tertiary/aromatic N) is 5. The van der Waals surface area contributed by atoms with Crippen molar-refractivity contribution in [2.75, 3.05) is 25.1 Å². The maximum atomic E-state index is 6.41. The van der Waals surface area contributed by atoms with E-state index in [1.54, 1.807) is 4.68 Å². The van der Waals surface area contributed by atoms with E-state index in [-0.39, 0.29) is 0 Å². The molecule has 0 spiro atoms. The first-order chi connectivity index (χ1) is 15.6. The average molecular weight is 455 g/mol. The standard InChI is InChI=1S/C23H30N6O2S/c1-5-10-30-11-7-12-31-22-18(6-2)23(26-20-13-16(3)27-32-20)25-19-8-9-29(21(19)22)17-14-24-28(4)15-17/h8-9,13-15H,5-7,10-12H2,1-4H3,(H,25,26). The molecule has 4 aromatic rings. The van der Waals surface area contributed by atoms with Crippen molar-refractivity contribution in [2.45, 2.75) is 40.0 Å². The molecular formula is C23H30N6O2S. The van der Waals surface area contributed by atoms with E-state index in [1.165, 1.54) is 11.5 Å². The molecule has 0 aliphatic heterocycles. The molecule has 0 aliphatic carbocycles. The molecule has 0 radical (unpaired) electrons. The monoisotopic (exact) mass is 454 g/mol. The van der Waals surface area contributed by atoms with Crippen LogP contribution in [0.4, 0.5) is 10.8 Å². The molecule has 4 aromatic heterocycles. The van der Waals surface area contributed by atoms with E-state index >= 15 is 0 Å². The van der Waals surface area contributed by atoms with Gasteiger partial charge in [-0.25, -0.2) is 4.98 Å². The topological polar surface area (TPSA) is 79.0 Å². The number of anilines is 2. The van der Waals surface area contributed by atoms with Crippen molar-refractivity contribution < 1.29 is 9.47 Å². The smallest absolute Gasteiger partial charge is 0.152 e. The molecule has 0 amide bonds. The van der Waals surface area contributed by atoms with E-state index in [9.17, 15) is 0 Å². The van der Waals surface area contributed by atoms with Crippen LogP contribution in [0.3, 0.4) is 0 Å². The molecule has 0 bridgehead atoms. The van der Waals surface area contributed by atoms with Gasteiger partial charge in [0.1, 0.15) is 16.3 Å². The summed E-state index contributed by atoms with van der Waals surface area (Å²) in [7, 11) is 1.91. The van der Waals surface area contributed by atoms with E-state index in [0.29, 0.717) is 13.2 Å². The summed E-state index contributed by atoms with van der Waals surface area (Å²) < 4.78 is 20.3. The molecule has 0 aliphatic rings. The van der Waals surface area contributed by atoms with Gasteiger partial charge in [0.15, 0.2) is 5.75 Å². The van der Waals surface area contributed by atoms with Crippen LogP contribution in [-0.4, -0.2) is 43.5 Å². The number of aromatic nitrogens is 5. The minimum absolute atomic E-state index is 0.577. The molecule has 32 heavy (non-hydrogen) atoms. The molecule has 8 nitrogen and oxygen atoms in total. The van der Waals surface area contributed by atoms with E-state index in [0.717, 1.165) is 70.4 Å². The SMILES string of the molecule is CCCOCCCOc1c(CC)c(Nc2cc(C)ns2)nc2ccn(-c3cnn(C)c3)c12. The third-order valence-electron chi connectivity index (χ3n) is 5.09. The number of rotatable bonds is 11. The number of nitrogens with one attached hydrogen (secondary N) is 1. The summed E-state index contributed by atoms with van der Waals surface area (Å²) in [6.07, 6.45) is 8.49. The molecule has 0 fully saturated rings. The van der Waals surface area contributed by atoms with Crippen LogP contribution in [0.15, 0.2) is 30.7 Å². The Labute approximate surface area is 192 Å². The van der Waals surface area contributed by atoms with Crippen LogP contribution in [0.25, 0.3) is 16.7 Å². The van der Waals surface area contributed by atoms with Crippen molar-refractivity contribution in [1.29, 1.82) is 0 Å². The third-order valence-corrected chi connectivity index (χ3v) is 5.89. The summed E-state index contributed by atoms with van der Waals surface area (Å²) in [5, 5.41) is 8.76. The lowest BCUT2D eigenvalue weighted by Crippen LogP contribution is -2.08. The molecule has 4 heterocycles. The van der Waals surface area contributed by atoms with E-state index in [1.807, 2.05) is 44.7 Å². The van der Waals surface area contributed by atoms with Crippen LogP contribution < -0.4 is 10.1 Å². The first-order valence-electron chi connectivity index (χ1n) is 11.0. The van der Waals surface area contributed by atoms with Gasteiger partial charge in [-0.1, -0.05) is 13.8 Å². The van der Waals surface area contributed by atoms with Crippen LogP contribution in [0, 0.1) is 6.92 Å². The van der Waals surface area contributed by atoms with E-state index in [2.05, 4.69) is 33.2 Å². The maximum Gasteiger partial charge on any atom is 0.152 e. The predicted octanol–water partition coefficient (Wildman–Crippen LogP) is 5.03. The highest BCUT2D eigenvalue weighted by molar-refractivity contribution is 7.10. The Kier molecular flexibility index (Phi) is 7.06. The molecule has 4 rings (SSSR count). The molecule has 170 valence electrons. The van der Waals surface area contributed by atoms with Gasteiger partial charge in [0.25, 0.3) is 0 Å². The van der Waals surface area contributed by atoms with Crippen LogP contribution in [0.2, 0.25) is 0 Å². The highest BCUT2D eigenvalue weighted by Crippen LogP contribution is 2.37. The normalized spacial score (nSPS) is 11.4. The zero-order valence-electron chi connectivity index (χ0n) is 19.1. The van der Waals surface area contributed by atoms with Gasteiger partial charge in [-0.3, -0.25) is 4.68 Å². The predicted molar refractivity (Wildman–Crippen MR) is 129 cm³/mol. The highest BCUT2D eigenvalue weighted by Gasteiger charge is 2.20. The summed E-state index contributed by atoms with van der Waals surface area (Å²) in [4.78, 5) is 4.95. The third kappa shape index (κ3) is 4.78. The maximum absolute atomic E-state index is 6.41. The van der Waals surface area contributed by atoms with E-state index in [4.69, 9.17) is 14.5 Å². The Hall–Kier alpha value is -2.91. The van der Waals surface area contributed by atoms with Crippen LogP contribution in [0.5, 0.6) is 5.75 Å². The van der Waals surface area contributed by atoms with Crippen molar-refractivity contribution in [1.82, 2.24) is 23.7 Å². The Bertz CT molecular complexity index is 1180. The van der Waals surface area contributed by atoms with Crippen LogP contribution >= 0.6 is 11.5 Å². The Morgan fingerprint density at radius 2 is 2.06 bits per heavy atom. The van der Waals surface area contributed by atoms with Gasteiger partial charge in [-0.2, -0.15) is 9.47 Å². The van der Waals surface area contributed by atoms with Gasteiger partial charge >= 0.3 is 0 Å². The van der Waals surface area contributed by atoms with Crippen LogP contribution in [0.1, 0.15) is 37.9 Å². The largest absolute Gasteiger partial charge is 0.491 e. The summed E-state index contributed by atoms with van der Waals surface area (Å²) >= 11 is 1.43. The zero-order valence-corrected chi connectivity index (χ0v) is 19.9. The molecule has 0 saturated heterocycles. The van der Waals surface area contributed by atoms with Gasteiger partial charge in [0.2, 0.25) is 0 Å². The Balaban J connectivity index is 1.73. The average Bonchev–Trinajstić information content (AvgIpc) is 3.50. The van der Waals surface area contributed by atoms with Gasteiger partial charge in [-0.15, -0.1) is 0 Å². The van der Waals surface area contributed by atoms with E-state index < -0.39 is 0 Å². The fourth-order valence-corrected chi connectivity index (χ4v) is 4.29. The minimum atomic E-state index is 0.577. The lowest BCUT2D eigenvalue weighted by atomic mass is 10.1. The van der Waals surface area contributed by atoms with Crippen molar-refractivity contribution in [2.24, 2.45) is 7.05 Å². The van der Waals surface area contributed by atoms with Crippen LogP contribution in [-0.2, 0) is 18.2 Å². The number of hydrogen-bond donors (Lipinski definition) is 1. The van der Waals surface area contributed by atoms with Gasteiger partial charge in [-0.05, 0) is 43.4 Å². The summed E-state index contributed by atoms with van der Waals surface area (Å²) in [6, 6.07) is 4.05. The Morgan fingerprint density at radius 1 is 1.19 bits per heavy atom. The minimum Gasteiger partial charge on any atom is -0.491 e. The number of ether oxygens (including phenoxy) is 2. The number of pyridine rings is 1. The van der Waals surface area contributed by atoms with Gasteiger partial charge < -0.3 is 19.4 Å². The second-order valence-electron chi connectivity index (χ2n) is 7.69. The quantitative estimate of drug-likeness (QED) is 0.320. The molecule has 0 saturated carbocycles. The highest BCUT2D eigenvalue weighted by atomic mass is 32.1. The lowest BCUT2D eigenvalue weighted by molar-refractivity contribution is 0.120. The number of fused-ring (bicyclic) bond motifs is 1. The number of aryl methyl sites for hydroxylation is 2. The molecule has 0 unspecified atom stereocenters. The molecule has 0 aromatic carbocycles. The number of hydrogen-bond acceptors (Lipinski definition) is 7. The van der Waals surface area contributed by atoms with Gasteiger partial charge in [0, 0.05) is 44.6 Å². The van der Waals surface area contributed by atoms with Crippen molar-refractivity contribution in [3.63, 3.8) is 0 Å². The fraction of sp³-hybridized carbons (Fsp3) is 0.435. The Morgan fingerprint density at radius 3 is 2.75 bits per heavy atom. The second-order valence-corrected chi connectivity index (χ2v) is 8.49. The molecule has 9 heteroatoms. The lowest BCUT2D eigenvalue weighted by Gasteiger charge is -2.17. The second kappa shape index (κ2) is 10.1. The zero-order chi connectivity index (χ0) is 22.5.